The molecule has 93 heavy (non-hydrogen) atoms. The van der Waals surface area contributed by atoms with Crippen molar-refractivity contribution in [3.63, 3.8) is 0 Å². The van der Waals surface area contributed by atoms with E-state index in [0.717, 1.165) is 136 Å². The summed E-state index contributed by atoms with van der Waals surface area (Å²) in [6, 6.07) is 0. The van der Waals surface area contributed by atoms with Crippen molar-refractivity contribution in [2.45, 2.75) is 389 Å². The van der Waals surface area contributed by atoms with E-state index < -0.39 is 0 Å². The lowest BCUT2D eigenvalue weighted by atomic mass is 9.92. The van der Waals surface area contributed by atoms with Crippen molar-refractivity contribution >= 4 is 17.9 Å². The van der Waals surface area contributed by atoms with Gasteiger partial charge in [-0.25, -0.2) is 0 Å². The van der Waals surface area contributed by atoms with Gasteiger partial charge in [-0.15, -0.1) is 0 Å². The van der Waals surface area contributed by atoms with Gasteiger partial charge in [-0.05, 0) is 148 Å². The Morgan fingerprint density at radius 3 is 0.839 bits per heavy atom. The molecule has 0 aromatic carbocycles. The summed E-state index contributed by atoms with van der Waals surface area (Å²) in [5, 5.41) is 9.34. The first-order valence-electron chi connectivity index (χ1n) is 41.0. The van der Waals surface area contributed by atoms with E-state index in [-0.39, 0.29) is 30.8 Å². The van der Waals surface area contributed by atoms with E-state index in [9.17, 15) is 19.5 Å². The van der Waals surface area contributed by atoms with Crippen molar-refractivity contribution in [2.75, 3.05) is 99.0 Å². The molecule has 1 unspecified atom stereocenters. The van der Waals surface area contributed by atoms with Crippen LogP contribution < -0.4 is 0 Å². The van der Waals surface area contributed by atoms with Gasteiger partial charge in [0.1, 0.15) is 0 Å². The van der Waals surface area contributed by atoms with Crippen LogP contribution in [0.15, 0.2) is 0 Å². The first kappa shape index (κ1) is 91.2. The molecule has 0 saturated heterocycles. The summed E-state index contributed by atoms with van der Waals surface area (Å²) in [4.78, 5) is 45.4. The molecule has 0 spiro atoms. The molecular formula is C81H161N3O9. The Bertz CT molecular complexity index is 1450. The van der Waals surface area contributed by atoms with Crippen LogP contribution in [0.3, 0.4) is 0 Å². The van der Waals surface area contributed by atoms with Gasteiger partial charge in [0.05, 0.1) is 33.0 Å². The molecule has 12 heteroatoms. The van der Waals surface area contributed by atoms with E-state index >= 15 is 0 Å². The summed E-state index contributed by atoms with van der Waals surface area (Å²) in [6.45, 7) is 27.5. The predicted octanol–water partition coefficient (Wildman–Crippen LogP) is 21.8. The second-order valence-corrected chi connectivity index (χ2v) is 28.6. The maximum absolute atomic E-state index is 12.6. The lowest BCUT2D eigenvalue weighted by Gasteiger charge is -2.25. The third-order valence-electron chi connectivity index (χ3n) is 19.6. The number of ether oxygens (including phenoxy) is 5. The molecule has 1 atom stereocenters. The van der Waals surface area contributed by atoms with Crippen LogP contribution in [-0.2, 0) is 38.1 Å². The lowest BCUT2D eigenvalue weighted by Crippen LogP contribution is -2.31. The molecule has 0 heterocycles. The van der Waals surface area contributed by atoms with E-state index in [0.29, 0.717) is 70.1 Å². The number of aliphatic hydroxyl groups excluding tert-OH is 1. The lowest BCUT2D eigenvalue weighted by molar-refractivity contribution is -0.145. The number of hydrogen-bond acceptors (Lipinski definition) is 12. The first-order valence-corrected chi connectivity index (χ1v) is 41.0. The van der Waals surface area contributed by atoms with E-state index in [1.54, 1.807) is 0 Å². The van der Waals surface area contributed by atoms with Crippen LogP contribution in [0.1, 0.15) is 382 Å². The van der Waals surface area contributed by atoms with E-state index in [4.69, 9.17) is 23.7 Å². The summed E-state index contributed by atoms with van der Waals surface area (Å²) < 4.78 is 29.7. The summed E-state index contributed by atoms with van der Waals surface area (Å²) in [5.41, 5.74) is 0. The minimum absolute atomic E-state index is 0.00728. The van der Waals surface area contributed by atoms with E-state index in [1.807, 2.05) is 0 Å². The smallest absolute Gasteiger partial charge is 0.305 e. The van der Waals surface area contributed by atoms with Gasteiger partial charge >= 0.3 is 17.9 Å². The maximum Gasteiger partial charge on any atom is 0.305 e. The average molecular weight is 1320 g/mol. The molecule has 0 aliphatic rings. The molecular weight excluding hydrogens is 1160 g/mol. The van der Waals surface area contributed by atoms with Gasteiger partial charge in [0.25, 0.3) is 0 Å². The molecule has 0 amide bonds. The third kappa shape index (κ3) is 65.9. The molecule has 1 N–H and O–H groups in total. The summed E-state index contributed by atoms with van der Waals surface area (Å²) in [7, 11) is 2.16. The van der Waals surface area contributed by atoms with Crippen LogP contribution in [-0.4, -0.2) is 143 Å². The molecule has 0 saturated carbocycles. The quantitative estimate of drug-likeness (QED) is 0.0270. The molecule has 554 valence electrons. The number of unbranched alkanes of at least 4 members (excludes halogenated alkanes) is 27. The highest BCUT2D eigenvalue weighted by Gasteiger charge is 2.16. The summed E-state index contributed by atoms with van der Waals surface area (Å²) in [6.07, 6.45) is 59.7. The number of rotatable bonds is 77. The SMILES string of the molecule is CCCCCC(CCCCC)CCOC(=O)CCCCCCCCN(CCCCCCCCC(=O)OCCC(CCCCC)CCCCC)CCCOC(C)OCCCN(CCCCCCCCC(=O)OCCC(CCCCC)CCCCC)CCCN(C)CCCO. The largest absolute Gasteiger partial charge is 0.466 e. The Kier molecular flexibility index (Phi) is 71.5. The zero-order valence-corrected chi connectivity index (χ0v) is 63.5. The van der Waals surface area contributed by atoms with Crippen molar-refractivity contribution < 1.29 is 43.2 Å². The second-order valence-electron chi connectivity index (χ2n) is 28.6. The number of nitrogens with zero attached hydrogens (tertiary/aromatic N) is 3. The zero-order valence-electron chi connectivity index (χ0n) is 63.5. The van der Waals surface area contributed by atoms with Crippen molar-refractivity contribution in [1.29, 1.82) is 0 Å². The molecule has 0 bridgehead atoms. The van der Waals surface area contributed by atoms with Gasteiger partial charge < -0.3 is 43.5 Å². The van der Waals surface area contributed by atoms with Crippen LogP contribution >= 0.6 is 0 Å². The van der Waals surface area contributed by atoms with Crippen LogP contribution in [0.4, 0.5) is 0 Å². The number of aliphatic hydroxyl groups is 1. The predicted molar refractivity (Wildman–Crippen MR) is 396 cm³/mol. The van der Waals surface area contributed by atoms with Crippen molar-refractivity contribution in [3.05, 3.63) is 0 Å². The second kappa shape index (κ2) is 72.9. The van der Waals surface area contributed by atoms with Crippen LogP contribution in [0.2, 0.25) is 0 Å². The fraction of sp³-hybridized carbons (Fsp3) is 0.963. The van der Waals surface area contributed by atoms with Gasteiger partial charge in [-0.1, -0.05) is 273 Å². The average Bonchev–Trinajstić information content (AvgIpc) is 3.56. The number of hydrogen-bond donors (Lipinski definition) is 1. The standard InChI is InChI=1S/C81H161N3O9/c1-9-15-33-49-76(50-34-16-10-2)58-72-91-79(86)55-39-27-21-24-30-42-63-83(64-43-31-25-22-28-40-56-80(87)92-73-59-77(51-35-17-11-3)52-36-18-12-4)67-47-70-89-75(7)90-71-48-68-84(66-45-61-82(8)62-46-69-85)65-44-32-26-23-29-41-57-81(88)93-74-60-78(53-37-19-13-5)54-38-20-14-6/h75-78,85H,9-74H2,1-8H3. The molecule has 12 nitrogen and oxygen atoms in total. The molecule has 0 aliphatic heterocycles. The monoisotopic (exact) mass is 1320 g/mol. The van der Waals surface area contributed by atoms with E-state index in [2.05, 4.69) is 70.2 Å². The molecule has 0 aliphatic carbocycles. The number of carbonyl (C=O) groups excluding carboxylic acids is 3. The zero-order chi connectivity index (χ0) is 68.0. The first-order chi connectivity index (χ1) is 45.5. The summed E-state index contributed by atoms with van der Waals surface area (Å²) in [5.74, 6) is 2.07. The Hall–Kier alpha value is -1.83. The topological polar surface area (TPSA) is 127 Å². The molecule has 0 rings (SSSR count). The van der Waals surface area contributed by atoms with Crippen molar-refractivity contribution in [2.24, 2.45) is 17.8 Å². The molecule has 0 aromatic rings. The fourth-order valence-electron chi connectivity index (χ4n) is 13.4. The van der Waals surface area contributed by atoms with Gasteiger partial charge in [0, 0.05) is 45.5 Å². The normalized spacial score (nSPS) is 12.3. The molecule has 0 radical (unpaired) electrons. The minimum Gasteiger partial charge on any atom is -0.466 e. The van der Waals surface area contributed by atoms with E-state index in [1.165, 1.54) is 231 Å². The third-order valence-corrected chi connectivity index (χ3v) is 19.6. The highest BCUT2D eigenvalue weighted by atomic mass is 16.7. The van der Waals surface area contributed by atoms with Crippen LogP contribution in [0.25, 0.3) is 0 Å². The van der Waals surface area contributed by atoms with Crippen molar-refractivity contribution in [3.8, 4) is 0 Å². The molecule has 0 aromatic heterocycles. The summed E-state index contributed by atoms with van der Waals surface area (Å²) >= 11 is 0. The van der Waals surface area contributed by atoms with Gasteiger partial charge in [0.15, 0.2) is 6.29 Å². The fourth-order valence-corrected chi connectivity index (χ4v) is 13.4. The van der Waals surface area contributed by atoms with Gasteiger partial charge in [0.2, 0.25) is 0 Å². The Balaban J connectivity index is 4.97. The number of carbonyl (C=O) groups is 3. The maximum atomic E-state index is 12.6. The highest BCUT2D eigenvalue weighted by molar-refractivity contribution is 5.69. The van der Waals surface area contributed by atoms with Crippen LogP contribution in [0, 0.1) is 17.8 Å². The Morgan fingerprint density at radius 2 is 0.548 bits per heavy atom. The Labute approximate surface area is 578 Å². The van der Waals surface area contributed by atoms with Crippen molar-refractivity contribution in [1.82, 2.24) is 14.7 Å². The van der Waals surface area contributed by atoms with Gasteiger partial charge in [-0.2, -0.15) is 0 Å². The highest BCUT2D eigenvalue weighted by Crippen LogP contribution is 2.25. The van der Waals surface area contributed by atoms with Crippen LogP contribution in [0.5, 0.6) is 0 Å². The Morgan fingerprint density at radius 1 is 0.290 bits per heavy atom. The molecule has 0 fully saturated rings. The minimum atomic E-state index is -0.230. The number of esters is 3. The van der Waals surface area contributed by atoms with Gasteiger partial charge in [-0.3, -0.25) is 14.4 Å².